The smallest absolute Gasteiger partial charge is 0.211 e. The van der Waals surface area contributed by atoms with Crippen molar-refractivity contribution in [2.45, 2.75) is 27.7 Å². The summed E-state index contributed by atoms with van der Waals surface area (Å²) < 4.78 is 8.96. The zero-order valence-corrected chi connectivity index (χ0v) is 26.2. The van der Waals surface area contributed by atoms with Gasteiger partial charge in [0.05, 0.1) is 11.4 Å². The third-order valence-electron chi connectivity index (χ3n) is 7.63. The van der Waals surface area contributed by atoms with Crippen LogP contribution in [0, 0.1) is 13.8 Å². The third kappa shape index (κ3) is 6.46. The molecule has 0 spiro atoms. The third-order valence-corrected chi connectivity index (χ3v) is 7.63. The highest BCUT2D eigenvalue weighted by Gasteiger charge is 2.22. The second kappa shape index (κ2) is 12.6. The molecule has 0 atom stereocenters. The largest absolute Gasteiger partial charge is 0.457 e. The number of aryl methyl sites for hydroxylation is 2. The summed E-state index contributed by atoms with van der Waals surface area (Å²) in [5.74, 6) is -0.0879. The fourth-order valence-electron chi connectivity index (χ4n) is 4.98. The number of rotatable bonds is 10. The van der Waals surface area contributed by atoms with Crippen LogP contribution in [0.4, 0.5) is 0 Å². The van der Waals surface area contributed by atoms with E-state index in [1.165, 1.54) is 35.3 Å². The zero-order valence-electron chi connectivity index (χ0n) is 26.2. The van der Waals surface area contributed by atoms with E-state index in [0.29, 0.717) is 34.0 Å². The van der Waals surface area contributed by atoms with Crippen LogP contribution in [0.2, 0.25) is 0 Å². The van der Waals surface area contributed by atoms with Crippen LogP contribution in [-0.2, 0) is 0 Å². The molecule has 0 amide bonds. The van der Waals surface area contributed by atoms with E-state index < -0.39 is 0 Å². The van der Waals surface area contributed by atoms with Crippen molar-refractivity contribution in [1.82, 2.24) is 19.6 Å². The van der Waals surface area contributed by atoms with Gasteiger partial charge in [0.15, 0.2) is 11.6 Å². The van der Waals surface area contributed by atoms with E-state index in [1.807, 2.05) is 62.4 Å². The van der Waals surface area contributed by atoms with Crippen molar-refractivity contribution < 1.29 is 23.9 Å². The van der Waals surface area contributed by atoms with Crippen molar-refractivity contribution in [2.24, 2.45) is 0 Å². The number of nitrogens with zero attached hydrogens (tertiary/aromatic N) is 4. The Morgan fingerprint density at radius 1 is 0.511 bits per heavy atom. The van der Waals surface area contributed by atoms with Crippen LogP contribution in [0.15, 0.2) is 109 Å². The van der Waals surface area contributed by atoms with Crippen LogP contribution in [0.5, 0.6) is 11.5 Å². The molecule has 0 bridgehead atoms. The molecule has 0 saturated heterocycles. The average molecular weight is 623 g/mol. The van der Waals surface area contributed by atoms with Crippen LogP contribution >= 0.6 is 0 Å². The summed E-state index contributed by atoms with van der Waals surface area (Å²) >= 11 is 0. The summed E-state index contributed by atoms with van der Waals surface area (Å²) in [6, 6.07) is 31.4. The molecule has 2 aromatic heterocycles. The quantitative estimate of drug-likeness (QED) is 0.147. The van der Waals surface area contributed by atoms with Crippen LogP contribution in [0.1, 0.15) is 78.1 Å². The van der Waals surface area contributed by atoms with Gasteiger partial charge in [-0.3, -0.25) is 19.2 Å². The second-order valence-electron chi connectivity index (χ2n) is 11.2. The van der Waals surface area contributed by atoms with E-state index in [4.69, 9.17) is 4.74 Å². The molecule has 0 fully saturated rings. The molecule has 0 radical (unpaired) electrons. The molecule has 47 heavy (non-hydrogen) atoms. The average Bonchev–Trinajstić information content (AvgIpc) is 3.72. The lowest BCUT2D eigenvalue weighted by atomic mass is 10.1. The molecule has 6 aromatic rings. The highest BCUT2D eigenvalue weighted by atomic mass is 16.5. The van der Waals surface area contributed by atoms with Crippen LogP contribution in [-0.4, -0.2) is 42.7 Å². The maximum absolute atomic E-state index is 13.5. The molecular weight excluding hydrogens is 592 g/mol. The van der Waals surface area contributed by atoms with Gasteiger partial charge in [0.2, 0.25) is 11.6 Å². The van der Waals surface area contributed by atoms with Crippen LogP contribution in [0.25, 0.3) is 11.4 Å². The highest BCUT2D eigenvalue weighted by Crippen LogP contribution is 2.25. The highest BCUT2D eigenvalue weighted by molar-refractivity contribution is 6.10. The van der Waals surface area contributed by atoms with Gasteiger partial charge in [-0.15, -0.1) is 0 Å². The summed E-state index contributed by atoms with van der Waals surface area (Å²) in [6.07, 6.45) is 0. The summed E-state index contributed by atoms with van der Waals surface area (Å²) in [5.41, 5.74) is 5.22. The molecule has 6 rings (SSSR count). The van der Waals surface area contributed by atoms with Gasteiger partial charge < -0.3 is 4.74 Å². The molecule has 0 aliphatic carbocycles. The Kier molecular flexibility index (Phi) is 8.28. The SMILES string of the molecule is CC(=O)c1cc(C(=O)c2ccc(Oc3ccc(C(=O)c4cc(C(C)=O)nn4-c4ccc(C)cc4)cc3)cc2)n(-c2ccc(C)cc2)n1. The fourth-order valence-corrected chi connectivity index (χ4v) is 4.98. The van der Waals surface area contributed by atoms with E-state index in [-0.39, 0.29) is 45.9 Å². The first kappa shape index (κ1) is 30.8. The number of carbonyl (C=O) groups is 4. The summed E-state index contributed by atoms with van der Waals surface area (Å²) in [5, 5.41) is 8.76. The first-order valence-corrected chi connectivity index (χ1v) is 14.9. The van der Waals surface area contributed by atoms with Gasteiger partial charge in [0.1, 0.15) is 34.3 Å². The predicted molar refractivity (Wildman–Crippen MR) is 176 cm³/mol. The lowest BCUT2D eigenvalue weighted by Gasteiger charge is -2.10. The number of aromatic nitrogens is 4. The van der Waals surface area contributed by atoms with Crippen molar-refractivity contribution in [1.29, 1.82) is 0 Å². The summed E-state index contributed by atoms with van der Waals surface area (Å²) in [6.45, 7) is 6.76. The molecular formula is C38H30N4O5. The van der Waals surface area contributed by atoms with Gasteiger partial charge in [0.25, 0.3) is 0 Å². The Morgan fingerprint density at radius 2 is 0.851 bits per heavy atom. The van der Waals surface area contributed by atoms with Crippen molar-refractivity contribution in [3.63, 3.8) is 0 Å². The first-order chi connectivity index (χ1) is 22.6. The standard InChI is InChI=1S/C38H30N4O5/c1-23-5-13-29(14-6-23)41-35(21-33(39-41)25(3)43)37(45)27-9-17-31(18-10-27)47-32-19-11-28(12-20-32)38(46)36-22-34(26(4)44)40-42(36)30-15-7-24(2)8-16-30/h5-22H,1-4H3. The number of carbonyl (C=O) groups excluding carboxylic acids is 4. The van der Waals surface area contributed by atoms with Crippen molar-refractivity contribution in [2.75, 3.05) is 0 Å². The van der Waals surface area contributed by atoms with E-state index in [9.17, 15) is 19.2 Å². The van der Waals surface area contributed by atoms with Gasteiger partial charge in [0, 0.05) is 25.0 Å². The van der Waals surface area contributed by atoms with Gasteiger partial charge in [-0.25, -0.2) is 9.36 Å². The minimum absolute atomic E-state index is 0.203. The molecule has 4 aromatic carbocycles. The number of Topliss-reactive ketones (excluding diaryl/α,β-unsaturated/α-hetero) is 2. The van der Waals surface area contributed by atoms with Crippen molar-refractivity contribution in [3.05, 3.63) is 154 Å². The molecule has 232 valence electrons. The van der Waals surface area contributed by atoms with Crippen LogP contribution in [0.3, 0.4) is 0 Å². The maximum Gasteiger partial charge on any atom is 0.211 e. The number of hydrogen-bond acceptors (Lipinski definition) is 7. The normalized spacial score (nSPS) is 10.9. The number of hydrogen-bond donors (Lipinski definition) is 0. The van der Waals surface area contributed by atoms with Crippen molar-refractivity contribution in [3.8, 4) is 22.9 Å². The molecule has 0 N–H and O–H groups in total. The number of ether oxygens (including phenoxy) is 1. The first-order valence-electron chi connectivity index (χ1n) is 14.9. The Balaban J connectivity index is 1.20. The molecule has 0 unspecified atom stereocenters. The minimum Gasteiger partial charge on any atom is -0.457 e. The van der Waals surface area contributed by atoms with E-state index in [2.05, 4.69) is 10.2 Å². The molecule has 9 heteroatoms. The van der Waals surface area contributed by atoms with E-state index in [1.54, 1.807) is 48.5 Å². The van der Waals surface area contributed by atoms with E-state index >= 15 is 0 Å². The Bertz CT molecular complexity index is 1980. The van der Waals surface area contributed by atoms with Gasteiger partial charge >= 0.3 is 0 Å². The second-order valence-corrected chi connectivity index (χ2v) is 11.2. The Hall–Kier alpha value is -6.22. The lowest BCUT2D eigenvalue weighted by Crippen LogP contribution is -2.10. The molecule has 0 saturated carbocycles. The zero-order chi connectivity index (χ0) is 33.2. The number of benzene rings is 4. The van der Waals surface area contributed by atoms with Gasteiger partial charge in [-0.2, -0.15) is 10.2 Å². The Morgan fingerprint density at radius 3 is 1.17 bits per heavy atom. The Labute approximate surface area is 271 Å². The lowest BCUT2D eigenvalue weighted by molar-refractivity contribution is 0.1000. The molecule has 2 heterocycles. The van der Waals surface area contributed by atoms with Crippen molar-refractivity contribution >= 4 is 23.1 Å². The topological polar surface area (TPSA) is 113 Å². The molecule has 0 aliphatic rings. The molecule has 0 aliphatic heterocycles. The number of ketones is 4. The van der Waals surface area contributed by atoms with Crippen LogP contribution < -0.4 is 4.74 Å². The molecule has 9 nitrogen and oxygen atoms in total. The predicted octanol–water partition coefficient (Wildman–Crippen LogP) is 7.33. The fraction of sp³-hybridized carbons (Fsp3) is 0.105. The maximum atomic E-state index is 13.5. The summed E-state index contributed by atoms with van der Waals surface area (Å²) in [4.78, 5) is 51.2. The van der Waals surface area contributed by atoms with Gasteiger partial charge in [-0.1, -0.05) is 35.4 Å². The minimum atomic E-state index is -0.294. The van der Waals surface area contributed by atoms with Gasteiger partial charge in [-0.05, 0) is 98.8 Å². The van der Waals surface area contributed by atoms with E-state index in [0.717, 1.165) is 11.1 Å². The monoisotopic (exact) mass is 622 g/mol. The summed E-state index contributed by atoms with van der Waals surface area (Å²) in [7, 11) is 0.